The van der Waals surface area contributed by atoms with E-state index in [4.69, 9.17) is 0 Å². The van der Waals surface area contributed by atoms with Crippen molar-refractivity contribution in [2.24, 2.45) is 11.8 Å². The van der Waals surface area contributed by atoms with E-state index in [1.165, 1.54) is 6.42 Å². The van der Waals surface area contributed by atoms with Gasteiger partial charge in [-0.2, -0.15) is 5.10 Å². The van der Waals surface area contributed by atoms with Crippen molar-refractivity contribution in [3.05, 3.63) is 42.6 Å². The Morgan fingerprint density at radius 3 is 2.22 bits per heavy atom. The molecule has 1 aromatic heterocycles. The van der Waals surface area contributed by atoms with Crippen molar-refractivity contribution < 1.29 is 18.0 Å². The quantitative estimate of drug-likeness (QED) is 0.635. The summed E-state index contributed by atoms with van der Waals surface area (Å²) < 4.78 is 26.5. The van der Waals surface area contributed by atoms with Crippen molar-refractivity contribution in [3.8, 4) is 0 Å². The summed E-state index contributed by atoms with van der Waals surface area (Å²) in [6.45, 7) is 2.14. The van der Waals surface area contributed by atoms with Crippen LogP contribution in [-0.4, -0.2) is 66.8 Å². The standard InChI is InChI=1S/C26H33N5O4S/c32-25(20-17-31(18-20)24-7-4-14-27-29-24)28-21-8-10-22(11-9-21)36(34,35)23-12-15-30(16-13-23)26(33)19-5-2-1-3-6-19/h4,7-11,14,19-20,23H,1-3,5-6,12-13,15-18H2,(H,28,32). The molecule has 5 rings (SSSR count). The number of sulfone groups is 1. The Morgan fingerprint density at radius 1 is 0.889 bits per heavy atom. The number of nitrogens with zero attached hydrogens (tertiary/aromatic N) is 4. The summed E-state index contributed by atoms with van der Waals surface area (Å²) in [6, 6.07) is 10.1. The van der Waals surface area contributed by atoms with Crippen molar-refractivity contribution in [1.29, 1.82) is 0 Å². The van der Waals surface area contributed by atoms with Gasteiger partial charge in [-0.05, 0) is 62.1 Å². The predicted octanol–water partition coefficient (Wildman–Crippen LogP) is 2.90. The van der Waals surface area contributed by atoms with Crippen molar-refractivity contribution in [2.45, 2.75) is 55.1 Å². The molecule has 192 valence electrons. The third-order valence-corrected chi connectivity index (χ3v) is 10.0. The van der Waals surface area contributed by atoms with Gasteiger partial charge in [-0.3, -0.25) is 9.59 Å². The number of carbonyl (C=O) groups is 2. The molecule has 3 heterocycles. The Kier molecular flexibility index (Phi) is 7.22. The number of aromatic nitrogens is 2. The molecule has 1 saturated carbocycles. The van der Waals surface area contributed by atoms with Crippen molar-refractivity contribution in [2.75, 3.05) is 36.4 Å². The summed E-state index contributed by atoms with van der Waals surface area (Å²) in [7, 11) is -3.50. The highest BCUT2D eigenvalue weighted by Crippen LogP contribution is 2.30. The molecule has 2 aromatic rings. The van der Waals surface area contributed by atoms with Crippen LogP contribution in [0, 0.1) is 11.8 Å². The zero-order chi connectivity index (χ0) is 25.1. The summed E-state index contributed by atoms with van der Waals surface area (Å²) in [5.74, 6) is 0.819. The minimum Gasteiger partial charge on any atom is -0.353 e. The lowest BCUT2D eigenvalue weighted by Crippen LogP contribution is -2.52. The summed E-state index contributed by atoms with van der Waals surface area (Å²) in [5.41, 5.74) is 0.574. The number of carbonyl (C=O) groups excluding carboxylic acids is 2. The number of likely N-dealkylation sites (tertiary alicyclic amines) is 1. The second-order valence-corrected chi connectivity index (χ2v) is 12.3. The fourth-order valence-electron chi connectivity index (χ4n) is 5.45. The zero-order valence-electron chi connectivity index (χ0n) is 20.4. The van der Waals surface area contributed by atoms with Crippen LogP contribution in [0.5, 0.6) is 0 Å². The Morgan fingerprint density at radius 2 is 1.58 bits per heavy atom. The minimum atomic E-state index is -3.50. The highest BCUT2D eigenvalue weighted by molar-refractivity contribution is 7.92. The molecule has 2 aliphatic heterocycles. The molecular weight excluding hydrogens is 478 g/mol. The molecule has 10 heteroatoms. The average molecular weight is 512 g/mol. The topological polar surface area (TPSA) is 113 Å². The van der Waals surface area contributed by atoms with Crippen molar-refractivity contribution in [3.63, 3.8) is 0 Å². The fourth-order valence-corrected chi connectivity index (χ4v) is 7.18. The van der Waals surface area contributed by atoms with E-state index in [1.807, 2.05) is 21.9 Å². The number of rotatable bonds is 6. The van der Waals surface area contributed by atoms with Crippen LogP contribution >= 0.6 is 0 Å². The highest BCUT2D eigenvalue weighted by atomic mass is 32.2. The molecule has 1 aromatic carbocycles. The lowest BCUT2D eigenvalue weighted by molar-refractivity contribution is -0.137. The Bertz CT molecular complexity index is 1170. The number of hydrogen-bond donors (Lipinski definition) is 1. The number of hydrogen-bond acceptors (Lipinski definition) is 7. The van der Waals surface area contributed by atoms with Gasteiger partial charge in [0.1, 0.15) is 0 Å². The average Bonchev–Trinajstić information content (AvgIpc) is 2.89. The van der Waals surface area contributed by atoms with Gasteiger partial charge in [0, 0.05) is 44.0 Å². The van der Waals surface area contributed by atoms with Crippen LogP contribution < -0.4 is 10.2 Å². The molecule has 1 N–H and O–H groups in total. The highest BCUT2D eigenvalue weighted by Gasteiger charge is 2.36. The smallest absolute Gasteiger partial charge is 0.231 e. The lowest BCUT2D eigenvalue weighted by atomic mass is 9.88. The van der Waals surface area contributed by atoms with E-state index in [9.17, 15) is 18.0 Å². The van der Waals surface area contributed by atoms with Crippen molar-refractivity contribution in [1.82, 2.24) is 15.1 Å². The molecule has 1 aliphatic carbocycles. The van der Waals surface area contributed by atoms with Gasteiger partial charge in [-0.25, -0.2) is 8.42 Å². The second kappa shape index (κ2) is 10.5. The molecule has 3 fully saturated rings. The molecule has 2 amide bonds. The van der Waals surface area contributed by atoms with Gasteiger partial charge in [-0.1, -0.05) is 19.3 Å². The third-order valence-electron chi connectivity index (χ3n) is 7.73. The second-order valence-electron chi connectivity index (χ2n) is 10.1. The van der Waals surface area contributed by atoms with Gasteiger partial charge in [0.2, 0.25) is 11.8 Å². The third kappa shape index (κ3) is 5.23. The van der Waals surface area contributed by atoms with Crippen LogP contribution in [0.25, 0.3) is 0 Å². The predicted molar refractivity (Wildman–Crippen MR) is 136 cm³/mol. The van der Waals surface area contributed by atoms with E-state index >= 15 is 0 Å². The molecule has 0 spiro atoms. The Labute approximate surface area is 212 Å². The first kappa shape index (κ1) is 24.7. The Balaban J connectivity index is 1.12. The first-order valence-electron chi connectivity index (χ1n) is 12.9. The lowest BCUT2D eigenvalue weighted by Gasteiger charge is -2.38. The van der Waals surface area contributed by atoms with E-state index in [0.717, 1.165) is 31.5 Å². The summed E-state index contributed by atoms with van der Waals surface area (Å²) >= 11 is 0. The van der Waals surface area contributed by atoms with E-state index in [1.54, 1.807) is 30.5 Å². The Hall–Kier alpha value is -3.01. The fraction of sp³-hybridized carbons (Fsp3) is 0.538. The van der Waals surface area contributed by atoms with Crippen molar-refractivity contribution >= 4 is 33.2 Å². The molecule has 2 saturated heterocycles. The number of nitrogens with one attached hydrogen (secondary N) is 1. The number of anilines is 2. The zero-order valence-corrected chi connectivity index (χ0v) is 21.2. The van der Waals surface area contributed by atoms with Crippen LogP contribution in [0.4, 0.5) is 11.5 Å². The molecule has 36 heavy (non-hydrogen) atoms. The van der Waals surface area contributed by atoms with Gasteiger partial charge in [0.15, 0.2) is 15.7 Å². The molecule has 0 atom stereocenters. The van der Waals surface area contributed by atoms with E-state index in [0.29, 0.717) is 44.7 Å². The van der Waals surface area contributed by atoms with Crippen LogP contribution in [0.15, 0.2) is 47.5 Å². The van der Waals surface area contributed by atoms with Crippen LogP contribution in [0.2, 0.25) is 0 Å². The van der Waals surface area contributed by atoms with Gasteiger partial charge in [-0.15, -0.1) is 5.10 Å². The van der Waals surface area contributed by atoms with Gasteiger partial charge in [0.25, 0.3) is 0 Å². The van der Waals surface area contributed by atoms with Crippen LogP contribution in [-0.2, 0) is 19.4 Å². The normalized spacial score (nSPS) is 20.1. The van der Waals surface area contributed by atoms with E-state index in [-0.39, 0.29) is 28.5 Å². The maximum Gasteiger partial charge on any atom is 0.231 e. The van der Waals surface area contributed by atoms with Gasteiger partial charge in [0.05, 0.1) is 16.1 Å². The maximum atomic E-state index is 13.2. The first-order valence-corrected chi connectivity index (χ1v) is 14.4. The largest absolute Gasteiger partial charge is 0.353 e. The van der Waals surface area contributed by atoms with E-state index in [2.05, 4.69) is 15.5 Å². The maximum absolute atomic E-state index is 13.2. The van der Waals surface area contributed by atoms with Crippen LogP contribution in [0.3, 0.4) is 0 Å². The number of benzene rings is 1. The molecule has 0 bridgehead atoms. The number of piperidine rings is 1. The molecule has 0 radical (unpaired) electrons. The summed E-state index contributed by atoms with van der Waals surface area (Å²) in [6.07, 6.45) is 7.88. The summed E-state index contributed by atoms with van der Waals surface area (Å²) in [4.78, 5) is 29.5. The van der Waals surface area contributed by atoms with E-state index < -0.39 is 15.1 Å². The van der Waals surface area contributed by atoms with Gasteiger partial charge >= 0.3 is 0 Å². The SMILES string of the molecule is O=C(Nc1ccc(S(=O)(=O)C2CCN(C(=O)C3CCCCC3)CC2)cc1)C1CN(c2cccnn2)C1. The van der Waals surface area contributed by atoms with Crippen LogP contribution in [0.1, 0.15) is 44.9 Å². The molecular formula is C26H33N5O4S. The molecule has 0 unspecified atom stereocenters. The molecule has 9 nitrogen and oxygen atoms in total. The first-order chi connectivity index (χ1) is 17.4. The van der Waals surface area contributed by atoms with Gasteiger partial charge < -0.3 is 15.1 Å². The number of amides is 2. The summed E-state index contributed by atoms with van der Waals surface area (Å²) in [5, 5.41) is 10.3. The molecule has 3 aliphatic rings. The monoisotopic (exact) mass is 511 g/mol. The minimum absolute atomic E-state index is 0.0965.